The molecule has 3 aromatic rings. The molecule has 2 N–H and O–H groups in total. The predicted molar refractivity (Wildman–Crippen MR) is 92.0 cm³/mol. The van der Waals surface area contributed by atoms with Crippen molar-refractivity contribution in [1.82, 2.24) is 10.3 Å². The number of benzene rings is 1. The third-order valence-electron chi connectivity index (χ3n) is 3.04. The average molecular weight is 316 g/mol. The van der Waals surface area contributed by atoms with Crippen LogP contribution in [-0.4, -0.2) is 9.97 Å². The van der Waals surface area contributed by atoms with Crippen molar-refractivity contribution in [2.75, 3.05) is 0 Å². The molecule has 1 aromatic carbocycles. The lowest BCUT2D eigenvalue weighted by Gasteiger charge is -2.08. The fourth-order valence-corrected chi connectivity index (χ4v) is 3.45. The van der Waals surface area contributed by atoms with Gasteiger partial charge in [-0.05, 0) is 17.0 Å². The van der Waals surface area contributed by atoms with E-state index in [0.29, 0.717) is 11.5 Å². The Balaban J connectivity index is 1.82. The molecular weight excluding hydrogens is 304 g/mol. The van der Waals surface area contributed by atoms with E-state index in [9.17, 15) is 0 Å². The minimum Gasteiger partial charge on any atom is -0.372 e. The Morgan fingerprint density at radius 2 is 2.00 bits per heavy atom. The average Bonchev–Trinajstić information content (AvgIpc) is 2.96. The number of nitrogens with one attached hydrogen (secondary N) is 2. The molecule has 5 heteroatoms. The van der Waals surface area contributed by atoms with E-state index in [2.05, 4.69) is 22.4 Å². The Morgan fingerprint density at radius 3 is 2.80 bits per heavy atom. The van der Waals surface area contributed by atoms with Crippen molar-refractivity contribution in [3.63, 3.8) is 0 Å². The molecule has 2 heterocycles. The van der Waals surface area contributed by atoms with E-state index in [1.165, 1.54) is 5.56 Å². The van der Waals surface area contributed by atoms with Crippen molar-refractivity contribution in [2.45, 2.75) is 6.54 Å². The quantitative estimate of drug-likeness (QED) is 0.700. The van der Waals surface area contributed by atoms with Gasteiger partial charge in [-0.25, -0.2) is 0 Å². The van der Waals surface area contributed by atoms with Crippen molar-refractivity contribution in [2.24, 2.45) is 0 Å². The van der Waals surface area contributed by atoms with Crippen LogP contribution in [0.1, 0.15) is 11.1 Å². The Hall–Kier alpha value is -1.56. The molecule has 0 radical (unpaired) electrons. The van der Waals surface area contributed by atoms with Gasteiger partial charge >= 0.3 is 0 Å². The third-order valence-corrected chi connectivity index (χ3v) is 4.69. The lowest BCUT2D eigenvalue weighted by Crippen LogP contribution is -2.22. The maximum atomic E-state index is 5.51. The van der Waals surface area contributed by atoms with Crippen LogP contribution >= 0.6 is 35.8 Å². The number of rotatable bonds is 3. The highest BCUT2D eigenvalue weighted by atomic mass is 32.1. The molecule has 20 heavy (non-hydrogen) atoms. The van der Waals surface area contributed by atoms with Gasteiger partial charge in [-0.15, -0.1) is 11.3 Å². The molecule has 2 aromatic heterocycles. The van der Waals surface area contributed by atoms with Crippen LogP contribution in [-0.2, 0) is 6.54 Å². The largest absolute Gasteiger partial charge is 0.372 e. The van der Waals surface area contributed by atoms with Gasteiger partial charge in [0.1, 0.15) is 9.82 Å². The Labute approximate surface area is 131 Å². The van der Waals surface area contributed by atoms with Crippen molar-refractivity contribution in [1.29, 1.82) is 0 Å². The van der Waals surface area contributed by atoms with Gasteiger partial charge in [-0.1, -0.05) is 54.8 Å². The van der Waals surface area contributed by atoms with Gasteiger partial charge in [0.05, 0.1) is 4.51 Å². The molecule has 0 bridgehead atoms. The molecule has 0 fully saturated rings. The summed E-state index contributed by atoms with van der Waals surface area (Å²) in [5, 5.41) is 6.35. The number of H-pyrrole nitrogens is 1. The first-order chi connectivity index (χ1) is 9.75. The molecule has 0 aliphatic heterocycles. The summed E-state index contributed by atoms with van der Waals surface area (Å²) in [6.45, 7) is 0.704. The second-order valence-electron chi connectivity index (χ2n) is 4.36. The van der Waals surface area contributed by atoms with E-state index < -0.39 is 0 Å². The first-order valence-corrected chi connectivity index (χ1v) is 7.86. The molecule has 0 saturated carbocycles. The van der Waals surface area contributed by atoms with E-state index >= 15 is 0 Å². The van der Waals surface area contributed by atoms with Crippen LogP contribution in [0.2, 0.25) is 0 Å². The number of aromatic amines is 1. The van der Waals surface area contributed by atoms with Crippen LogP contribution in [0.4, 0.5) is 0 Å². The molecule has 0 spiro atoms. The summed E-state index contributed by atoms with van der Waals surface area (Å²) in [5.41, 5.74) is 2.08. The molecule has 0 atom stereocenters. The van der Waals surface area contributed by atoms with Gasteiger partial charge in [0.15, 0.2) is 0 Å². The van der Waals surface area contributed by atoms with E-state index in [-0.39, 0.29) is 0 Å². The molecule has 100 valence electrons. The standard InChI is InChI=1S/C15H12N2S3/c18-13-11-6-7-20-15(11)17-9-12(13)14(19)16-8-10-4-2-1-3-5-10/h1-7,9H,8H2,(H,16,19)(H,17,18). The zero-order valence-electron chi connectivity index (χ0n) is 10.6. The number of pyridine rings is 1. The highest BCUT2D eigenvalue weighted by Crippen LogP contribution is 2.21. The number of hydrogen-bond donors (Lipinski definition) is 2. The van der Waals surface area contributed by atoms with Gasteiger partial charge in [-0.3, -0.25) is 0 Å². The first kappa shape index (κ1) is 13.4. The van der Waals surface area contributed by atoms with E-state index in [1.54, 1.807) is 11.3 Å². The summed E-state index contributed by atoms with van der Waals surface area (Å²) >= 11 is 12.6. The summed E-state index contributed by atoms with van der Waals surface area (Å²) in [4.78, 5) is 5.01. The fraction of sp³-hybridized carbons (Fsp3) is 0.0667. The minimum absolute atomic E-state index is 0.684. The van der Waals surface area contributed by atoms with Crippen molar-refractivity contribution < 1.29 is 0 Å². The highest BCUT2D eigenvalue weighted by Gasteiger charge is 2.07. The fourth-order valence-electron chi connectivity index (χ4n) is 1.99. The van der Waals surface area contributed by atoms with Gasteiger partial charge in [0, 0.05) is 23.7 Å². The third kappa shape index (κ3) is 2.65. The van der Waals surface area contributed by atoms with Crippen molar-refractivity contribution in [3.8, 4) is 0 Å². The molecule has 3 rings (SSSR count). The lowest BCUT2D eigenvalue weighted by molar-refractivity contribution is 0.928. The zero-order chi connectivity index (χ0) is 13.9. The normalized spacial score (nSPS) is 10.6. The molecule has 0 amide bonds. The number of thiocarbonyl (C=S) groups is 1. The zero-order valence-corrected chi connectivity index (χ0v) is 13.0. The maximum absolute atomic E-state index is 5.51. The lowest BCUT2D eigenvalue weighted by atomic mass is 10.2. The number of hydrogen-bond acceptors (Lipinski definition) is 3. The molecule has 0 saturated heterocycles. The molecule has 0 aliphatic rings. The Morgan fingerprint density at radius 1 is 1.20 bits per heavy atom. The summed E-state index contributed by atoms with van der Waals surface area (Å²) in [5.74, 6) is 0. The van der Waals surface area contributed by atoms with Crippen molar-refractivity contribution >= 4 is 51.0 Å². The second-order valence-corrected chi connectivity index (χ2v) is 6.10. The van der Waals surface area contributed by atoms with Crippen LogP contribution in [0.15, 0.2) is 48.0 Å². The van der Waals surface area contributed by atoms with Gasteiger partial charge in [0.25, 0.3) is 0 Å². The number of thiophene rings is 1. The SMILES string of the molecule is S=C(NCc1ccccc1)c1c[nH]c2sccc2c1=S. The number of fused-ring (bicyclic) bond motifs is 1. The summed E-state index contributed by atoms with van der Waals surface area (Å²) in [6, 6.07) is 12.2. The van der Waals surface area contributed by atoms with E-state index in [1.807, 2.05) is 35.8 Å². The highest BCUT2D eigenvalue weighted by molar-refractivity contribution is 7.80. The summed E-state index contributed by atoms with van der Waals surface area (Å²) < 4.78 is 0.811. The smallest absolute Gasteiger partial charge is 0.109 e. The Bertz CT molecular complexity index is 803. The van der Waals surface area contributed by atoms with Crippen LogP contribution < -0.4 is 5.32 Å². The predicted octanol–water partition coefficient (Wildman–Crippen LogP) is 4.42. The van der Waals surface area contributed by atoms with E-state index in [0.717, 1.165) is 20.3 Å². The van der Waals surface area contributed by atoms with Crippen molar-refractivity contribution in [3.05, 3.63) is 63.6 Å². The van der Waals surface area contributed by atoms with Crippen LogP contribution in [0.5, 0.6) is 0 Å². The molecular formula is C15H12N2S3. The van der Waals surface area contributed by atoms with Crippen LogP contribution in [0.25, 0.3) is 10.2 Å². The van der Waals surface area contributed by atoms with Gasteiger partial charge < -0.3 is 10.3 Å². The summed E-state index contributed by atoms with van der Waals surface area (Å²) in [7, 11) is 0. The van der Waals surface area contributed by atoms with Crippen LogP contribution in [0.3, 0.4) is 0 Å². The summed E-state index contributed by atoms with van der Waals surface area (Å²) in [6.07, 6.45) is 1.89. The molecule has 0 aliphatic carbocycles. The monoisotopic (exact) mass is 316 g/mol. The first-order valence-electron chi connectivity index (χ1n) is 6.17. The Kier molecular flexibility index (Phi) is 3.91. The molecule has 0 unspecified atom stereocenters. The molecule has 2 nitrogen and oxygen atoms in total. The van der Waals surface area contributed by atoms with Gasteiger partial charge in [0.2, 0.25) is 0 Å². The van der Waals surface area contributed by atoms with Crippen LogP contribution in [0, 0.1) is 4.51 Å². The minimum atomic E-state index is 0.684. The number of aromatic nitrogens is 1. The van der Waals surface area contributed by atoms with E-state index in [4.69, 9.17) is 24.4 Å². The maximum Gasteiger partial charge on any atom is 0.109 e. The second kappa shape index (κ2) is 5.83. The topological polar surface area (TPSA) is 27.8 Å². The van der Waals surface area contributed by atoms with Gasteiger partial charge in [-0.2, -0.15) is 0 Å².